The molecule has 0 saturated carbocycles. The maximum absolute atomic E-state index is 13.3. The van der Waals surface area contributed by atoms with E-state index in [1.165, 1.54) is 18.8 Å². The molecule has 0 aliphatic rings. The van der Waals surface area contributed by atoms with Crippen LogP contribution < -0.4 is 20.3 Å². The molecule has 2 aromatic heterocycles. The second kappa shape index (κ2) is 8.82. The molecule has 2 heterocycles. The first kappa shape index (κ1) is 22.1. The van der Waals surface area contributed by atoms with Gasteiger partial charge in [0.1, 0.15) is 23.2 Å². The van der Waals surface area contributed by atoms with E-state index in [1.807, 2.05) is 37.3 Å². The van der Waals surface area contributed by atoms with Gasteiger partial charge in [0.05, 0.1) is 19.9 Å². The van der Waals surface area contributed by atoms with Gasteiger partial charge < -0.3 is 14.8 Å². The molecule has 170 valence electrons. The number of ether oxygens (including phenoxy) is 2. The molecule has 1 atom stereocenters. The number of carbonyl (C=O) groups is 1. The Kier molecular flexibility index (Phi) is 5.91. The zero-order valence-electron chi connectivity index (χ0n) is 19.2. The first-order valence-corrected chi connectivity index (χ1v) is 10.5. The number of aryl methyl sites for hydroxylation is 2. The number of pyridine rings is 1. The van der Waals surface area contributed by atoms with E-state index >= 15 is 0 Å². The number of rotatable bonds is 6. The summed E-state index contributed by atoms with van der Waals surface area (Å²) in [6, 6.07) is 15.6. The van der Waals surface area contributed by atoms with Crippen molar-refractivity contribution < 1.29 is 14.3 Å². The second-order valence-electron chi connectivity index (χ2n) is 7.81. The average molecular weight is 447 g/mol. The monoisotopic (exact) mass is 446 g/mol. The van der Waals surface area contributed by atoms with Crippen molar-refractivity contribution in [2.75, 3.05) is 19.5 Å². The van der Waals surface area contributed by atoms with E-state index < -0.39 is 6.04 Å². The predicted octanol–water partition coefficient (Wildman–Crippen LogP) is 3.93. The number of fused-ring (bicyclic) bond motifs is 1. The van der Waals surface area contributed by atoms with Crippen molar-refractivity contribution >= 4 is 22.6 Å². The number of benzene rings is 2. The highest BCUT2D eigenvalue weighted by Gasteiger charge is 2.24. The molecular weight excluding hydrogens is 420 g/mol. The summed E-state index contributed by atoms with van der Waals surface area (Å²) in [6.07, 6.45) is 0. The molecule has 1 unspecified atom stereocenters. The number of anilines is 1. The molecule has 1 amide bonds. The van der Waals surface area contributed by atoms with Crippen molar-refractivity contribution in [3.63, 3.8) is 0 Å². The number of hydrogen-bond donors (Lipinski definition) is 1. The van der Waals surface area contributed by atoms with Crippen molar-refractivity contribution in [3.05, 3.63) is 70.6 Å². The number of methoxy groups -OCH3 is 2. The molecule has 0 bridgehead atoms. The predicted molar refractivity (Wildman–Crippen MR) is 128 cm³/mol. The zero-order valence-corrected chi connectivity index (χ0v) is 19.2. The van der Waals surface area contributed by atoms with Gasteiger partial charge in [0, 0.05) is 42.4 Å². The van der Waals surface area contributed by atoms with Crippen LogP contribution in [-0.2, 0) is 11.8 Å². The van der Waals surface area contributed by atoms with Crippen LogP contribution in [0.4, 0.5) is 5.69 Å². The summed E-state index contributed by atoms with van der Waals surface area (Å²) in [5, 5.41) is 8.25. The number of hydrogen-bond acceptors (Lipinski definition) is 5. The lowest BCUT2D eigenvalue weighted by molar-refractivity contribution is -0.118. The van der Waals surface area contributed by atoms with Gasteiger partial charge in [-0.1, -0.05) is 30.3 Å². The molecule has 33 heavy (non-hydrogen) atoms. The Morgan fingerprint density at radius 1 is 1.03 bits per heavy atom. The molecule has 8 nitrogen and oxygen atoms in total. The lowest BCUT2D eigenvalue weighted by Gasteiger charge is -2.19. The first-order valence-electron chi connectivity index (χ1n) is 10.5. The highest BCUT2D eigenvalue weighted by molar-refractivity contribution is 5.98. The fourth-order valence-electron chi connectivity index (χ4n) is 4.07. The summed E-state index contributed by atoms with van der Waals surface area (Å²) in [5.41, 5.74) is 3.31. The fraction of sp³-hybridized carbons (Fsp3) is 0.240. The number of carbonyl (C=O) groups excluding carboxylic acids is 1. The smallest absolute Gasteiger partial charge is 0.253 e. The number of aromatic nitrogens is 3. The number of nitrogens with zero attached hydrogens (tertiary/aromatic N) is 3. The molecule has 0 saturated heterocycles. The van der Waals surface area contributed by atoms with Crippen LogP contribution in [0, 0.1) is 6.92 Å². The van der Waals surface area contributed by atoms with Gasteiger partial charge in [0.2, 0.25) is 5.91 Å². The van der Waals surface area contributed by atoms with Gasteiger partial charge in [-0.3, -0.25) is 18.8 Å². The van der Waals surface area contributed by atoms with Crippen molar-refractivity contribution in [2.24, 2.45) is 7.05 Å². The first-order chi connectivity index (χ1) is 15.8. The van der Waals surface area contributed by atoms with E-state index in [-0.39, 0.29) is 11.5 Å². The van der Waals surface area contributed by atoms with Crippen molar-refractivity contribution in [1.82, 2.24) is 14.3 Å². The molecule has 0 aliphatic heterocycles. The highest BCUT2D eigenvalue weighted by atomic mass is 16.5. The zero-order chi connectivity index (χ0) is 23.7. The van der Waals surface area contributed by atoms with Gasteiger partial charge in [-0.2, -0.15) is 5.10 Å². The molecule has 1 N–H and O–H groups in total. The Morgan fingerprint density at radius 3 is 2.27 bits per heavy atom. The summed E-state index contributed by atoms with van der Waals surface area (Å²) < 4.78 is 13.7. The van der Waals surface area contributed by atoms with E-state index in [9.17, 15) is 9.59 Å². The summed E-state index contributed by atoms with van der Waals surface area (Å²) >= 11 is 0. The van der Waals surface area contributed by atoms with Crippen molar-refractivity contribution in [2.45, 2.75) is 19.9 Å². The van der Waals surface area contributed by atoms with Crippen LogP contribution in [0.15, 0.2) is 59.4 Å². The topological polar surface area (TPSA) is 87.4 Å². The van der Waals surface area contributed by atoms with E-state index in [2.05, 4.69) is 10.4 Å². The van der Waals surface area contributed by atoms with Crippen LogP contribution >= 0.6 is 0 Å². The Labute approximate surface area is 191 Å². The third-order valence-corrected chi connectivity index (χ3v) is 5.67. The SMILES string of the molecule is COc1cc(NC(=O)C(C)n2c(=O)cc(-c3ccccc3)c3c(C)nn(C)c32)cc(OC)c1. The number of nitrogens with one attached hydrogen (secondary N) is 1. The van der Waals surface area contributed by atoms with E-state index in [1.54, 1.807) is 42.9 Å². The fourth-order valence-corrected chi connectivity index (χ4v) is 4.07. The third kappa shape index (κ3) is 4.07. The molecular formula is C25H26N4O4. The lowest BCUT2D eigenvalue weighted by atomic mass is 10.0. The summed E-state index contributed by atoms with van der Waals surface area (Å²) in [6.45, 7) is 3.59. The minimum absolute atomic E-state index is 0.282. The molecule has 4 rings (SSSR count). The maximum atomic E-state index is 13.3. The second-order valence-corrected chi connectivity index (χ2v) is 7.81. The van der Waals surface area contributed by atoms with Crippen LogP contribution in [-0.4, -0.2) is 34.5 Å². The molecule has 0 fully saturated rings. The molecule has 8 heteroatoms. The summed E-state index contributed by atoms with van der Waals surface area (Å²) in [5.74, 6) is 0.748. The summed E-state index contributed by atoms with van der Waals surface area (Å²) in [4.78, 5) is 26.5. The van der Waals surface area contributed by atoms with E-state index in [4.69, 9.17) is 9.47 Å². The normalized spacial score (nSPS) is 11.9. The summed E-state index contributed by atoms with van der Waals surface area (Å²) in [7, 11) is 4.86. The Hall–Kier alpha value is -4.07. The van der Waals surface area contributed by atoms with Crippen molar-refractivity contribution in [3.8, 4) is 22.6 Å². The van der Waals surface area contributed by atoms with Gasteiger partial charge in [-0.05, 0) is 25.0 Å². The van der Waals surface area contributed by atoms with Gasteiger partial charge in [-0.25, -0.2) is 0 Å². The van der Waals surface area contributed by atoms with Gasteiger partial charge in [0.25, 0.3) is 5.56 Å². The minimum Gasteiger partial charge on any atom is -0.497 e. The Bertz CT molecular complexity index is 1370. The highest BCUT2D eigenvalue weighted by Crippen LogP contribution is 2.31. The molecule has 4 aromatic rings. The Balaban J connectivity index is 1.80. The molecule has 0 radical (unpaired) electrons. The molecule has 0 spiro atoms. The molecule has 2 aromatic carbocycles. The minimum atomic E-state index is -0.795. The molecule has 0 aliphatic carbocycles. The van der Waals surface area contributed by atoms with Gasteiger partial charge in [-0.15, -0.1) is 0 Å². The Morgan fingerprint density at radius 2 is 1.67 bits per heavy atom. The van der Waals surface area contributed by atoms with Gasteiger partial charge >= 0.3 is 0 Å². The average Bonchev–Trinajstić information content (AvgIpc) is 3.12. The van der Waals surface area contributed by atoms with E-state index in [0.29, 0.717) is 22.8 Å². The van der Waals surface area contributed by atoms with Crippen LogP contribution in [0.3, 0.4) is 0 Å². The largest absolute Gasteiger partial charge is 0.497 e. The van der Waals surface area contributed by atoms with Crippen molar-refractivity contribution in [1.29, 1.82) is 0 Å². The standard InChI is InChI=1S/C25H26N4O4/c1-15-23-21(17-9-7-6-8-10-17)14-22(30)29(25(23)28(3)27-15)16(2)24(31)26-18-11-19(32-4)13-20(12-18)33-5/h6-14,16H,1-5H3,(H,26,31). The maximum Gasteiger partial charge on any atom is 0.253 e. The van der Waals surface area contributed by atoms with Crippen LogP contribution in [0.2, 0.25) is 0 Å². The van der Waals surface area contributed by atoms with Gasteiger partial charge in [0.15, 0.2) is 0 Å². The van der Waals surface area contributed by atoms with E-state index in [0.717, 1.165) is 22.2 Å². The lowest BCUT2D eigenvalue weighted by Crippen LogP contribution is -2.32. The van der Waals surface area contributed by atoms with Crippen LogP contribution in [0.5, 0.6) is 11.5 Å². The quantitative estimate of drug-likeness (QED) is 0.485. The van der Waals surface area contributed by atoms with Crippen LogP contribution in [0.25, 0.3) is 22.2 Å². The number of amides is 1. The third-order valence-electron chi connectivity index (χ3n) is 5.67. The van der Waals surface area contributed by atoms with Crippen LogP contribution in [0.1, 0.15) is 18.7 Å².